The summed E-state index contributed by atoms with van der Waals surface area (Å²) in [6.45, 7) is 11.2. The molecule has 10 heteroatoms. The number of fused-ring (bicyclic) bond motifs is 1. The van der Waals surface area contributed by atoms with Crippen molar-refractivity contribution in [2.75, 3.05) is 18.4 Å². The summed E-state index contributed by atoms with van der Waals surface area (Å²) in [4.78, 5) is 0.160. The number of azo groups is 1. The van der Waals surface area contributed by atoms with Gasteiger partial charge in [0.25, 0.3) is 0 Å². The lowest BCUT2D eigenvalue weighted by atomic mass is 10.0. The number of allylic oxidation sites excluding steroid dienone is 1. The molecule has 2 aromatic carbocycles. The van der Waals surface area contributed by atoms with Gasteiger partial charge in [0.15, 0.2) is 5.69 Å². The number of thiocarbonyl (C=S) groups is 1. The Kier molecular flexibility index (Phi) is 7.58. The number of sulfonamides is 1. The van der Waals surface area contributed by atoms with E-state index in [1.165, 1.54) is 4.31 Å². The molecule has 0 spiro atoms. The van der Waals surface area contributed by atoms with E-state index in [-0.39, 0.29) is 21.6 Å². The molecule has 190 valence electrons. The van der Waals surface area contributed by atoms with Crippen molar-refractivity contribution in [3.63, 3.8) is 0 Å². The number of aryl methyl sites for hydroxylation is 2. The van der Waals surface area contributed by atoms with Crippen LogP contribution < -0.4 is 5.32 Å². The SMILES string of the molecule is C=CCn1c(O)c(N=NC(=S)Nc2cc(C)cc(C)c2)c2cc(S(=O)(=O)N3CCC(C)CC3)ccc21. The molecule has 1 fully saturated rings. The molecule has 0 amide bonds. The fourth-order valence-corrected chi connectivity index (χ4v) is 6.20. The molecular weight excluding hydrogens is 494 g/mol. The van der Waals surface area contributed by atoms with Crippen molar-refractivity contribution < 1.29 is 13.5 Å². The Morgan fingerprint density at radius 1 is 1.19 bits per heavy atom. The van der Waals surface area contributed by atoms with Crippen molar-refractivity contribution in [3.8, 4) is 5.88 Å². The van der Waals surface area contributed by atoms with E-state index in [9.17, 15) is 13.5 Å². The van der Waals surface area contributed by atoms with Gasteiger partial charge in [-0.05, 0) is 86.3 Å². The van der Waals surface area contributed by atoms with Crippen LogP contribution in [0.25, 0.3) is 10.9 Å². The van der Waals surface area contributed by atoms with Crippen molar-refractivity contribution >= 4 is 49.6 Å². The standard InChI is InChI=1S/C26H31N5O3S2/c1-5-10-31-23-7-6-21(36(33,34)30-11-8-17(2)9-12-30)16-22(23)24(25(31)32)28-29-26(35)27-20-14-18(3)13-19(4)15-20/h5-7,13-17,32H,1,8-12H2,2-4H3,(H,27,35). The maximum Gasteiger partial charge on any atom is 0.243 e. The van der Waals surface area contributed by atoms with Gasteiger partial charge in [0, 0.05) is 30.7 Å². The van der Waals surface area contributed by atoms with E-state index in [0.717, 1.165) is 29.7 Å². The number of anilines is 1. The van der Waals surface area contributed by atoms with Crippen molar-refractivity contribution in [2.45, 2.75) is 45.1 Å². The predicted octanol–water partition coefficient (Wildman–Crippen LogP) is 6.05. The second-order valence-electron chi connectivity index (χ2n) is 9.34. The molecule has 0 atom stereocenters. The molecule has 1 aliphatic heterocycles. The van der Waals surface area contributed by atoms with Crippen molar-refractivity contribution in [2.24, 2.45) is 16.1 Å². The second-order valence-corrected chi connectivity index (χ2v) is 11.7. The Hall–Kier alpha value is -3.08. The van der Waals surface area contributed by atoms with E-state index in [0.29, 0.717) is 36.5 Å². The van der Waals surface area contributed by atoms with Gasteiger partial charge in [-0.2, -0.15) is 4.31 Å². The van der Waals surface area contributed by atoms with Gasteiger partial charge in [0.1, 0.15) is 0 Å². The zero-order valence-corrected chi connectivity index (χ0v) is 22.4. The van der Waals surface area contributed by atoms with Crippen molar-refractivity contribution in [1.82, 2.24) is 8.87 Å². The average Bonchev–Trinajstić information content (AvgIpc) is 3.07. The lowest BCUT2D eigenvalue weighted by molar-refractivity contribution is 0.288. The van der Waals surface area contributed by atoms with Gasteiger partial charge in [-0.3, -0.25) is 0 Å². The van der Waals surface area contributed by atoms with E-state index in [2.05, 4.69) is 35.1 Å². The van der Waals surface area contributed by atoms with Gasteiger partial charge < -0.3 is 15.0 Å². The molecule has 0 saturated carbocycles. The van der Waals surface area contributed by atoms with Crippen LogP contribution >= 0.6 is 12.2 Å². The molecule has 3 aromatic rings. The highest BCUT2D eigenvalue weighted by atomic mass is 32.2. The number of hydrogen-bond donors (Lipinski definition) is 2. The third kappa shape index (κ3) is 5.35. The van der Waals surface area contributed by atoms with Crippen LogP contribution in [0.3, 0.4) is 0 Å². The molecule has 1 aliphatic rings. The van der Waals surface area contributed by atoms with E-state index >= 15 is 0 Å². The van der Waals surface area contributed by atoms with Crippen LogP contribution in [-0.2, 0) is 16.6 Å². The predicted molar refractivity (Wildman–Crippen MR) is 148 cm³/mol. The number of benzene rings is 2. The van der Waals surface area contributed by atoms with Crippen LogP contribution in [0.2, 0.25) is 0 Å². The normalized spacial score (nSPS) is 15.5. The van der Waals surface area contributed by atoms with Crippen LogP contribution in [-0.4, -0.2) is 40.6 Å². The summed E-state index contributed by atoms with van der Waals surface area (Å²) >= 11 is 5.35. The number of rotatable bonds is 6. The van der Waals surface area contributed by atoms with Crippen LogP contribution in [0.5, 0.6) is 5.88 Å². The van der Waals surface area contributed by atoms with E-state index < -0.39 is 10.0 Å². The minimum absolute atomic E-state index is 0.121. The highest BCUT2D eigenvalue weighted by molar-refractivity contribution is 7.89. The zero-order chi connectivity index (χ0) is 26.0. The number of hydrogen-bond acceptors (Lipinski definition) is 5. The van der Waals surface area contributed by atoms with Crippen molar-refractivity contribution in [1.29, 1.82) is 0 Å². The highest BCUT2D eigenvalue weighted by Crippen LogP contribution is 2.40. The average molecular weight is 526 g/mol. The number of aromatic nitrogens is 1. The molecular formula is C26H31N5O3S2. The summed E-state index contributed by atoms with van der Waals surface area (Å²) in [6.07, 6.45) is 3.32. The first-order chi connectivity index (χ1) is 17.1. The number of piperidine rings is 1. The molecule has 2 heterocycles. The third-order valence-corrected chi connectivity index (χ3v) is 8.47. The van der Waals surface area contributed by atoms with Gasteiger partial charge in [-0.25, -0.2) is 8.42 Å². The van der Waals surface area contributed by atoms with Crippen LogP contribution in [0.15, 0.2) is 64.2 Å². The first-order valence-corrected chi connectivity index (χ1v) is 13.7. The number of aromatic hydroxyl groups is 1. The van der Waals surface area contributed by atoms with Crippen molar-refractivity contribution in [3.05, 3.63) is 60.2 Å². The van der Waals surface area contributed by atoms with Gasteiger partial charge in [0.2, 0.25) is 21.0 Å². The molecule has 1 saturated heterocycles. The Morgan fingerprint density at radius 3 is 2.50 bits per heavy atom. The first kappa shape index (κ1) is 26.0. The molecule has 0 radical (unpaired) electrons. The zero-order valence-electron chi connectivity index (χ0n) is 20.7. The maximum atomic E-state index is 13.3. The molecule has 0 aliphatic carbocycles. The second kappa shape index (κ2) is 10.5. The fourth-order valence-electron chi connectivity index (χ4n) is 4.54. The summed E-state index contributed by atoms with van der Waals surface area (Å²) in [7, 11) is -3.68. The smallest absolute Gasteiger partial charge is 0.243 e. The van der Waals surface area contributed by atoms with Gasteiger partial charge in [-0.15, -0.1) is 16.8 Å². The summed E-state index contributed by atoms with van der Waals surface area (Å²) in [5.41, 5.74) is 3.74. The molecule has 0 unspecified atom stereocenters. The van der Waals surface area contributed by atoms with E-state index in [1.807, 2.05) is 26.0 Å². The van der Waals surface area contributed by atoms with Crippen LogP contribution in [0, 0.1) is 19.8 Å². The van der Waals surface area contributed by atoms with Crippen LogP contribution in [0.4, 0.5) is 11.4 Å². The van der Waals surface area contributed by atoms with E-state index in [4.69, 9.17) is 12.2 Å². The molecule has 2 N–H and O–H groups in total. The topological polar surface area (TPSA) is 99.3 Å². The minimum Gasteiger partial charge on any atom is -0.493 e. The van der Waals surface area contributed by atoms with Crippen LogP contribution in [0.1, 0.15) is 30.9 Å². The Morgan fingerprint density at radius 2 is 1.86 bits per heavy atom. The first-order valence-electron chi connectivity index (χ1n) is 11.9. The van der Waals surface area contributed by atoms with Gasteiger partial charge in [-0.1, -0.05) is 19.1 Å². The maximum absolute atomic E-state index is 13.3. The number of nitrogens with zero attached hydrogens (tertiary/aromatic N) is 4. The quantitative estimate of drug-likeness (QED) is 0.232. The fraction of sp³-hybridized carbons (Fsp3) is 0.346. The lowest BCUT2D eigenvalue weighted by Gasteiger charge is -2.29. The monoisotopic (exact) mass is 525 g/mol. The lowest BCUT2D eigenvalue weighted by Crippen LogP contribution is -2.37. The summed E-state index contributed by atoms with van der Waals surface area (Å²) in [5.74, 6) is 0.376. The third-order valence-electron chi connectivity index (χ3n) is 6.39. The Labute approximate surface area is 217 Å². The summed E-state index contributed by atoms with van der Waals surface area (Å²) < 4.78 is 29.8. The Bertz CT molecular complexity index is 1430. The van der Waals surface area contributed by atoms with Gasteiger partial charge in [0.05, 0.1) is 10.4 Å². The van der Waals surface area contributed by atoms with Gasteiger partial charge >= 0.3 is 0 Å². The minimum atomic E-state index is -3.68. The summed E-state index contributed by atoms with van der Waals surface area (Å²) in [6, 6.07) is 10.8. The Balaban J connectivity index is 1.70. The molecule has 36 heavy (non-hydrogen) atoms. The molecule has 8 nitrogen and oxygen atoms in total. The highest BCUT2D eigenvalue weighted by Gasteiger charge is 2.29. The largest absolute Gasteiger partial charge is 0.493 e. The van der Waals surface area contributed by atoms with E-state index in [1.54, 1.807) is 28.8 Å². The number of nitrogens with one attached hydrogen (secondary N) is 1. The molecule has 4 rings (SSSR count). The molecule has 0 bridgehead atoms. The summed E-state index contributed by atoms with van der Waals surface area (Å²) in [5, 5.41) is 22.9. The molecule has 1 aromatic heterocycles.